The second-order valence-electron chi connectivity index (χ2n) is 5.23. The van der Waals surface area contributed by atoms with Gasteiger partial charge >= 0.3 is 0 Å². The maximum absolute atomic E-state index is 12.3. The number of carbonyl (C=O) groups excluding carboxylic acids is 1. The number of aliphatic hydroxyl groups excluding tert-OH is 1. The molecule has 2 N–H and O–H groups in total. The Kier molecular flexibility index (Phi) is 4.60. The summed E-state index contributed by atoms with van der Waals surface area (Å²) >= 11 is 0. The van der Waals surface area contributed by atoms with E-state index in [1.807, 2.05) is 30.3 Å². The number of ether oxygens (including phenoxy) is 1. The minimum absolute atomic E-state index is 0.0170. The molecule has 0 heterocycles. The van der Waals surface area contributed by atoms with Crippen molar-refractivity contribution in [3.63, 3.8) is 0 Å². The summed E-state index contributed by atoms with van der Waals surface area (Å²) in [6.45, 7) is 3.42. The van der Waals surface area contributed by atoms with E-state index in [9.17, 15) is 4.79 Å². The Morgan fingerprint density at radius 1 is 1.10 bits per heavy atom. The van der Waals surface area contributed by atoms with Crippen LogP contribution in [0.4, 0.5) is 5.69 Å². The fraction of sp³-hybridized carbons (Fsp3) is 0.235. The van der Waals surface area contributed by atoms with Crippen LogP contribution in [0, 0.1) is 0 Å². The Bertz CT molecular complexity index is 591. The van der Waals surface area contributed by atoms with Crippen molar-refractivity contribution in [3.05, 3.63) is 60.2 Å². The normalized spacial score (nSPS) is 11.0. The molecular formula is C17H19NO3. The highest BCUT2D eigenvalue weighted by Crippen LogP contribution is 2.20. The maximum Gasteiger partial charge on any atom is 0.267 e. The predicted molar refractivity (Wildman–Crippen MR) is 82.1 cm³/mol. The quantitative estimate of drug-likeness (QED) is 0.888. The van der Waals surface area contributed by atoms with Gasteiger partial charge in [-0.25, -0.2) is 0 Å². The first-order chi connectivity index (χ1) is 10.0. The third-order valence-electron chi connectivity index (χ3n) is 3.06. The standard InChI is InChI=1S/C17H19NO3/c1-17(2,21-15-6-4-3-5-7-15)16(20)18-14-10-8-13(12-19)9-11-14/h3-11,19H,12H2,1-2H3,(H,18,20). The number of rotatable bonds is 5. The van der Waals surface area contributed by atoms with Gasteiger partial charge in [0.25, 0.3) is 5.91 Å². The van der Waals surface area contributed by atoms with E-state index in [0.29, 0.717) is 11.4 Å². The Morgan fingerprint density at radius 2 is 1.71 bits per heavy atom. The van der Waals surface area contributed by atoms with Crippen molar-refractivity contribution in [2.45, 2.75) is 26.1 Å². The number of para-hydroxylation sites is 1. The van der Waals surface area contributed by atoms with Gasteiger partial charge in [-0.05, 0) is 43.7 Å². The van der Waals surface area contributed by atoms with E-state index in [0.717, 1.165) is 5.56 Å². The molecule has 2 aromatic rings. The van der Waals surface area contributed by atoms with Gasteiger partial charge in [-0.1, -0.05) is 30.3 Å². The largest absolute Gasteiger partial charge is 0.478 e. The highest BCUT2D eigenvalue weighted by atomic mass is 16.5. The van der Waals surface area contributed by atoms with Gasteiger partial charge in [0.15, 0.2) is 5.60 Å². The number of hydrogen-bond acceptors (Lipinski definition) is 3. The van der Waals surface area contributed by atoms with Crippen molar-refractivity contribution < 1.29 is 14.6 Å². The molecule has 0 aliphatic heterocycles. The molecule has 0 radical (unpaired) electrons. The Hall–Kier alpha value is -2.33. The lowest BCUT2D eigenvalue weighted by molar-refractivity contribution is -0.128. The molecule has 4 heteroatoms. The molecule has 0 saturated heterocycles. The maximum atomic E-state index is 12.3. The van der Waals surface area contributed by atoms with Gasteiger partial charge < -0.3 is 15.2 Å². The molecule has 0 saturated carbocycles. The fourth-order valence-electron chi connectivity index (χ4n) is 1.80. The van der Waals surface area contributed by atoms with Crippen molar-refractivity contribution in [2.24, 2.45) is 0 Å². The van der Waals surface area contributed by atoms with Gasteiger partial charge in [0.2, 0.25) is 0 Å². The van der Waals surface area contributed by atoms with Crippen molar-refractivity contribution >= 4 is 11.6 Å². The third kappa shape index (κ3) is 4.07. The van der Waals surface area contributed by atoms with Crippen LogP contribution in [0.1, 0.15) is 19.4 Å². The molecule has 21 heavy (non-hydrogen) atoms. The van der Waals surface area contributed by atoms with E-state index in [1.165, 1.54) is 0 Å². The molecule has 0 aliphatic carbocycles. The summed E-state index contributed by atoms with van der Waals surface area (Å²) < 4.78 is 5.73. The zero-order valence-electron chi connectivity index (χ0n) is 12.2. The summed E-state index contributed by atoms with van der Waals surface area (Å²) in [4.78, 5) is 12.3. The van der Waals surface area contributed by atoms with E-state index in [-0.39, 0.29) is 12.5 Å². The van der Waals surface area contributed by atoms with Gasteiger partial charge in [-0.3, -0.25) is 4.79 Å². The topological polar surface area (TPSA) is 58.6 Å². The average Bonchev–Trinajstić information content (AvgIpc) is 2.48. The molecule has 0 aliphatic rings. The van der Waals surface area contributed by atoms with E-state index in [4.69, 9.17) is 9.84 Å². The van der Waals surface area contributed by atoms with Crippen LogP contribution in [0.2, 0.25) is 0 Å². The summed E-state index contributed by atoms with van der Waals surface area (Å²) in [5, 5.41) is 11.8. The summed E-state index contributed by atoms with van der Waals surface area (Å²) in [6, 6.07) is 16.3. The first-order valence-corrected chi connectivity index (χ1v) is 6.76. The second-order valence-corrected chi connectivity index (χ2v) is 5.23. The minimum atomic E-state index is -0.989. The summed E-state index contributed by atoms with van der Waals surface area (Å²) in [5.41, 5.74) is 0.478. The first kappa shape index (κ1) is 15.1. The zero-order chi connectivity index (χ0) is 15.3. The van der Waals surface area contributed by atoms with Crippen molar-refractivity contribution in [2.75, 3.05) is 5.32 Å². The van der Waals surface area contributed by atoms with Crippen molar-refractivity contribution in [3.8, 4) is 5.75 Å². The SMILES string of the molecule is CC(C)(Oc1ccccc1)C(=O)Nc1ccc(CO)cc1. The molecule has 110 valence electrons. The number of amides is 1. The average molecular weight is 285 g/mol. The van der Waals surface area contributed by atoms with E-state index in [1.54, 1.807) is 38.1 Å². The van der Waals surface area contributed by atoms with Gasteiger partial charge in [-0.15, -0.1) is 0 Å². The molecule has 4 nitrogen and oxygen atoms in total. The zero-order valence-corrected chi connectivity index (χ0v) is 12.2. The van der Waals surface area contributed by atoms with Gasteiger partial charge in [-0.2, -0.15) is 0 Å². The van der Waals surface area contributed by atoms with E-state index >= 15 is 0 Å². The van der Waals surface area contributed by atoms with Crippen molar-refractivity contribution in [1.82, 2.24) is 0 Å². The molecular weight excluding hydrogens is 266 g/mol. The van der Waals surface area contributed by atoms with Crippen LogP contribution in [-0.2, 0) is 11.4 Å². The van der Waals surface area contributed by atoms with Crippen LogP contribution in [0.3, 0.4) is 0 Å². The monoisotopic (exact) mass is 285 g/mol. The lowest BCUT2D eigenvalue weighted by Gasteiger charge is -2.25. The highest BCUT2D eigenvalue weighted by Gasteiger charge is 2.29. The van der Waals surface area contributed by atoms with Crippen LogP contribution in [0.5, 0.6) is 5.75 Å². The summed E-state index contributed by atoms with van der Waals surface area (Å²) in [7, 11) is 0. The molecule has 2 rings (SSSR count). The molecule has 0 atom stereocenters. The summed E-state index contributed by atoms with van der Waals surface area (Å²) in [6.07, 6.45) is 0. The lowest BCUT2D eigenvalue weighted by Crippen LogP contribution is -2.42. The fourth-order valence-corrected chi connectivity index (χ4v) is 1.80. The van der Waals surface area contributed by atoms with Crippen LogP contribution in [0.25, 0.3) is 0 Å². The van der Waals surface area contributed by atoms with Gasteiger partial charge in [0.05, 0.1) is 6.61 Å². The number of carbonyl (C=O) groups is 1. The molecule has 0 unspecified atom stereocenters. The number of aliphatic hydroxyl groups is 1. The lowest BCUT2D eigenvalue weighted by atomic mass is 10.1. The van der Waals surface area contributed by atoms with E-state index < -0.39 is 5.60 Å². The third-order valence-corrected chi connectivity index (χ3v) is 3.06. The van der Waals surface area contributed by atoms with Crippen molar-refractivity contribution in [1.29, 1.82) is 0 Å². The molecule has 0 spiro atoms. The number of hydrogen-bond donors (Lipinski definition) is 2. The Morgan fingerprint density at radius 3 is 2.29 bits per heavy atom. The second kappa shape index (κ2) is 6.41. The van der Waals surface area contributed by atoms with Crippen LogP contribution >= 0.6 is 0 Å². The minimum Gasteiger partial charge on any atom is -0.478 e. The van der Waals surface area contributed by atoms with E-state index in [2.05, 4.69) is 5.32 Å². The number of benzene rings is 2. The molecule has 0 fully saturated rings. The van der Waals surface area contributed by atoms with Gasteiger partial charge in [0.1, 0.15) is 5.75 Å². The Labute approximate surface area is 124 Å². The molecule has 0 aromatic heterocycles. The number of anilines is 1. The van der Waals surface area contributed by atoms with Gasteiger partial charge in [0, 0.05) is 5.69 Å². The predicted octanol–water partition coefficient (Wildman–Crippen LogP) is 2.98. The first-order valence-electron chi connectivity index (χ1n) is 6.76. The van der Waals surface area contributed by atoms with Crippen LogP contribution < -0.4 is 10.1 Å². The summed E-state index contributed by atoms with van der Waals surface area (Å²) in [5.74, 6) is 0.413. The van der Waals surface area contributed by atoms with Crippen LogP contribution in [-0.4, -0.2) is 16.6 Å². The molecule has 2 aromatic carbocycles. The molecule has 1 amide bonds. The highest BCUT2D eigenvalue weighted by molar-refractivity contribution is 5.96. The van der Waals surface area contributed by atoms with Crippen LogP contribution in [0.15, 0.2) is 54.6 Å². The Balaban J connectivity index is 2.03. The smallest absolute Gasteiger partial charge is 0.267 e. The molecule has 0 bridgehead atoms. The number of nitrogens with one attached hydrogen (secondary N) is 1.